The number of amides is 1. The summed E-state index contributed by atoms with van der Waals surface area (Å²) in [6, 6.07) is 6.11. The molecule has 1 heterocycles. The van der Waals surface area contributed by atoms with Gasteiger partial charge in [-0.1, -0.05) is 24.3 Å². The highest BCUT2D eigenvalue weighted by Gasteiger charge is 2.23. The van der Waals surface area contributed by atoms with E-state index in [0.29, 0.717) is 19.4 Å². The van der Waals surface area contributed by atoms with Crippen molar-refractivity contribution in [2.75, 3.05) is 13.1 Å². The van der Waals surface area contributed by atoms with E-state index >= 15 is 0 Å². The Hall–Kier alpha value is -2.17. The van der Waals surface area contributed by atoms with Crippen LogP contribution >= 0.6 is 0 Å². The summed E-state index contributed by atoms with van der Waals surface area (Å²) in [5.74, 6) is -0.720. The van der Waals surface area contributed by atoms with Gasteiger partial charge >= 0.3 is 5.97 Å². The summed E-state index contributed by atoms with van der Waals surface area (Å²) in [6.07, 6.45) is 6.62. The van der Waals surface area contributed by atoms with Gasteiger partial charge in [-0.2, -0.15) is 0 Å². The van der Waals surface area contributed by atoms with Gasteiger partial charge in [0.15, 0.2) is 0 Å². The van der Waals surface area contributed by atoms with E-state index in [2.05, 4.69) is 0 Å². The summed E-state index contributed by atoms with van der Waals surface area (Å²) in [7, 11) is 0. The fourth-order valence-corrected chi connectivity index (χ4v) is 2.85. The van der Waals surface area contributed by atoms with E-state index in [9.17, 15) is 14.0 Å². The van der Waals surface area contributed by atoms with E-state index in [4.69, 9.17) is 5.11 Å². The molecule has 1 aromatic carbocycles. The lowest BCUT2D eigenvalue weighted by Gasteiger charge is -2.32. The number of carbonyl (C=O) groups is 2. The zero-order chi connectivity index (χ0) is 16.7. The highest BCUT2D eigenvalue weighted by molar-refractivity contribution is 5.78. The van der Waals surface area contributed by atoms with Crippen LogP contribution in [0.1, 0.15) is 37.7 Å². The van der Waals surface area contributed by atoms with Crippen LogP contribution in [0.3, 0.4) is 0 Å². The van der Waals surface area contributed by atoms with Crippen LogP contribution in [0.25, 0.3) is 6.08 Å². The lowest BCUT2D eigenvalue weighted by atomic mass is 9.93. The van der Waals surface area contributed by atoms with Gasteiger partial charge in [0.2, 0.25) is 5.91 Å². The first kappa shape index (κ1) is 17.2. The summed E-state index contributed by atoms with van der Waals surface area (Å²) < 4.78 is 12.8. The number of hydrogen-bond donors (Lipinski definition) is 1. The molecule has 0 spiro atoms. The van der Waals surface area contributed by atoms with Crippen LogP contribution in [0.2, 0.25) is 0 Å². The Bertz CT molecular complexity index is 568. The topological polar surface area (TPSA) is 57.6 Å². The zero-order valence-corrected chi connectivity index (χ0v) is 13.1. The Labute approximate surface area is 135 Å². The van der Waals surface area contributed by atoms with Crippen molar-refractivity contribution in [3.8, 4) is 0 Å². The molecule has 0 aromatic heterocycles. The van der Waals surface area contributed by atoms with Crippen LogP contribution in [-0.4, -0.2) is 35.0 Å². The molecule has 1 aliphatic rings. The predicted octanol–water partition coefficient (Wildman–Crippen LogP) is 3.33. The van der Waals surface area contributed by atoms with Crippen molar-refractivity contribution < 1.29 is 19.1 Å². The van der Waals surface area contributed by atoms with Gasteiger partial charge in [0.25, 0.3) is 0 Å². The van der Waals surface area contributed by atoms with Crippen molar-refractivity contribution in [3.05, 3.63) is 41.7 Å². The van der Waals surface area contributed by atoms with Gasteiger partial charge in [0.05, 0.1) is 0 Å². The van der Waals surface area contributed by atoms with Gasteiger partial charge in [-0.15, -0.1) is 0 Å². The first-order chi connectivity index (χ1) is 11.0. The molecule has 1 saturated heterocycles. The number of likely N-dealkylation sites (tertiary alicyclic amines) is 1. The molecule has 124 valence electrons. The normalized spacial score (nSPS) is 18.3. The number of hydrogen-bond acceptors (Lipinski definition) is 2. The SMILES string of the molecule is O=C(O)CCC1CCCN(C(=O)CC=Cc2ccc(F)cc2)C1. The molecule has 23 heavy (non-hydrogen) atoms. The van der Waals surface area contributed by atoms with Crippen molar-refractivity contribution in [2.45, 2.75) is 32.1 Å². The summed E-state index contributed by atoms with van der Waals surface area (Å²) >= 11 is 0. The largest absolute Gasteiger partial charge is 0.481 e. The van der Waals surface area contributed by atoms with E-state index < -0.39 is 5.97 Å². The minimum Gasteiger partial charge on any atom is -0.481 e. The highest BCUT2D eigenvalue weighted by atomic mass is 19.1. The number of piperidine rings is 1. The second kappa shape index (κ2) is 8.46. The maximum absolute atomic E-state index is 12.8. The van der Waals surface area contributed by atoms with E-state index in [1.807, 2.05) is 11.0 Å². The van der Waals surface area contributed by atoms with E-state index in [0.717, 1.165) is 24.9 Å². The molecule has 0 aliphatic carbocycles. The first-order valence-corrected chi connectivity index (χ1v) is 7.96. The van der Waals surface area contributed by atoms with Crippen molar-refractivity contribution in [3.63, 3.8) is 0 Å². The second-order valence-electron chi connectivity index (χ2n) is 5.94. The molecule has 0 radical (unpaired) electrons. The average molecular weight is 319 g/mol. The molecule has 5 heteroatoms. The number of carboxylic acids is 1. The van der Waals surface area contributed by atoms with Crippen LogP contribution in [0.15, 0.2) is 30.3 Å². The predicted molar refractivity (Wildman–Crippen MR) is 86.2 cm³/mol. The molecule has 2 rings (SSSR count). The number of halogens is 1. The Morgan fingerprint density at radius 2 is 2.04 bits per heavy atom. The molecule has 1 unspecified atom stereocenters. The molecule has 0 bridgehead atoms. The third-order valence-corrected chi connectivity index (χ3v) is 4.11. The molecule has 1 N–H and O–H groups in total. The fraction of sp³-hybridized carbons (Fsp3) is 0.444. The quantitative estimate of drug-likeness (QED) is 0.875. The number of aliphatic carboxylic acids is 1. The van der Waals surface area contributed by atoms with Crippen molar-refractivity contribution in [1.29, 1.82) is 0 Å². The number of nitrogens with zero attached hydrogens (tertiary/aromatic N) is 1. The molecule has 4 nitrogen and oxygen atoms in total. The number of benzene rings is 1. The molecule has 1 aliphatic heterocycles. The average Bonchev–Trinajstić information content (AvgIpc) is 2.55. The number of carboxylic acid groups (broad SMARTS) is 1. The highest BCUT2D eigenvalue weighted by Crippen LogP contribution is 2.21. The van der Waals surface area contributed by atoms with Gasteiger partial charge in [0, 0.05) is 25.9 Å². The molecule has 1 atom stereocenters. The first-order valence-electron chi connectivity index (χ1n) is 7.96. The van der Waals surface area contributed by atoms with Crippen LogP contribution < -0.4 is 0 Å². The minimum absolute atomic E-state index is 0.0587. The molecule has 1 aromatic rings. The Morgan fingerprint density at radius 3 is 2.74 bits per heavy atom. The minimum atomic E-state index is -0.782. The smallest absolute Gasteiger partial charge is 0.303 e. The van der Waals surface area contributed by atoms with Crippen molar-refractivity contribution in [1.82, 2.24) is 4.90 Å². The standard InChI is InChI=1S/C18H22FNO3/c19-16-9-6-14(7-10-16)3-1-5-17(21)20-12-2-4-15(13-20)8-11-18(22)23/h1,3,6-7,9-10,15H,2,4-5,8,11-13H2,(H,22,23). The van der Waals surface area contributed by atoms with Gasteiger partial charge in [-0.05, 0) is 42.9 Å². The zero-order valence-electron chi connectivity index (χ0n) is 13.1. The fourth-order valence-electron chi connectivity index (χ4n) is 2.85. The maximum atomic E-state index is 12.8. The summed E-state index contributed by atoms with van der Waals surface area (Å²) in [5.41, 5.74) is 0.858. The van der Waals surface area contributed by atoms with E-state index in [-0.39, 0.29) is 24.1 Å². The van der Waals surface area contributed by atoms with Crippen molar-refractivity contribution >= 4 is 18.0 Å². The summed E-state index contributed by atoms with van der Waals surface area (Å²) in [5, 5.41) is 8.75. The Kier molecular flexibility index (Phi) is 6.32. The third kappa shape index (κ3) is 5.85. The molecule has 1 amide bonds. The van der Waals surface area contributed by atoms with Gasteiger partial charge in [-0.25, -0.2) is 4.39 Å². The van der Waals surface area contributed by atoms with Crippen LogP contribution in [-0.2, 0) is 9.59 Å². The lowest BCUT2D eigenvalue weighted by Crippen LogP contribution is -2.39. The number of rotatable bonds is 6. The van der Waals surface area contributed by atoms with Crippen molar-refractivity contribution in [2.24, 2.45) is 5.92 Å². The van der Waals surface area contributed by atoms with Gasteiger partial charge in [-0.3, -0.25) is 9.59 Å². The Morgan fingerprint density at radius 1 is 1.30 bits per heavy atom. The van der Waals surface area contributed by atoms with Crippen LogP contribution in [0, 0.1) is 11.7 Å². The third-order valence-electron chi connectivity index (χ3n) is 4.11. The molecule has 1 fully saturated rings. The summed E-state index contributed by atoms with van der Waals surface area (Å²) in [4.78, 5) is 24.7. The molecule has 0 saturated carbocycles. The molecular formula is C18H22FNO3. The monoisotopic (exact) mass is 319 g/mol. The van der Waals surface area contributed by atoms with E-state index in [1.54, 1.807) is 18.2 Å². The van der Waals surface area contributed by atoms with E-state index in [1.165, 1.54) is 12.1 Å². The second-order valence-corrected chi connectivity index (χ2v) is 5.94. The molecular weight excluding hydrogens is 297 g/mol. The number of carbonyl (C=O) groups excluding carboxylic acids is 1. The van der Waals surface area contributed by atoms with Crippen LogP contribution in [0.4, 0.5) is 4.39 Å². The van der Waals surface area contributed by atoms with Gasteiger partial charge < -0.3 is 10.0 Å². The van der Waals surface area contributed by atoms with Gasteiger partial charge in [0.1, 0.15) is 5.82 Å². The Balaban J connectivity index is 1.80. The van der Waals surface area contributed by atoms with Crippen LogP contribution in [0.5, 0.6) is 0 Å². The maximum Gasteiger partial charge on any atom is 0.303 e. The lowest BCUT2D eigenvalue weighted by molar-refractivity contribution is -0.137. The summed E-state index contributed by atoms with van der Waals surface area (Å²) in [6.45, 7) is 1.39.